The second-order valence-corrected chi connectivity index (χ2v) is 10.1. The summed E-state index contributed by atoms with van der Waals surface area (Å²) in [6.45, 7) is 5.44. The normalized spacial score (nSPS) is 62.9. The molecule has 6 aliphatic rings. The molecule has 3 saturated heterocycles. The van der Waals surface area contributed by atoms with Gasteiger partial charge in [0.2, 0.25) is 0 Å². The van der Waals surface area contributed by atoms with Crippen LogP contribution in [0.1, 0.15) is 52.4 Å². The lowest BCUT2D eigenvalue weighted by Gasteiger charge is -2.59. The standard InChI is InChI=1S/C21H30O5/c1-18-7-5-13(22)9-12(18)3-4-15-14(18)6-8-20-11-25-19(2)17(20)16(10-24-19)26-21(15,20)23/h3,13-17,22-23H,4-11H2,1-2H3/t13-,14+,15+,16-,17-,18+,19-,20+,21-/m1/s1. The molecule has 144 valence electrons. The summed E-state index contributed by atoms with van der Waals surface area (Å²) in [6.07, 6.45) is 7.60. The first kappa shape index (κ1) is 16.5. The van der Waals surface area contributed by atoms with Gasteiger partial charge in [-0.15, -0.1) is 0 Å². The molecule has 2 saturated carbocycles. The van der Waals surface area contributed by atoms with Gasteiger partial charge in [-0.1, -0.05) is 18.6 Å². The third-order valence-corrected chi connectivity index (χ3v) is 9.24. The molecule has 3 aliphatic heterocycles. The van der Waals surface area contributed by atoms with E-state index in [1.807, 2.05) is 6.92 Å². The lowest BCUT2D eigenvalue weighted by atomic mass is 9.47. The Morgan fingerprint density at radius 1 is 1.12 bits per heavy atom. The number of ether oxygens (including phenoxy) is 3. The topological polar surface area (TPSA) is 68.2 Å². The molecular formula is C21H30O5. The highest BCUT2D eigenvalue weighted by molar-refractivity contribution is 5.28. The number of aliphatic hydroxyl groups is 2. The molecule has 2 N–H and O–H groups in total. The maximum absolute atomic E-state index is 12.0. The highest BCUT2D eigenvalue weighted by Gasteiger charge is 2.80. The number of allylic oxidation sites excluding steroid dienone is 1. The Bertz CT molecular complexity index is 692. The molecule has 0 aromatic heterocycles. The Hall–Kier alpha value is -0.460. The number of hydrogen-bond donors (Lipinski definition) is 2. The minimum atomic E-state index is -1.12. The van der Waals surface area contributed by atoms with E-state index in [-0.39, 0.29) is 34.9 Å². The summed E-state index contributed by atoms with van der Waals surface area (Å²) in [4.78, 5) is 0. The zero-order valence-corrected chi connectivity index (χ0v) is 15.7. The molecule has 0 radical (unpaired) electrons. The molecule has 5 fully saturated rings. The second kappa shape index (κ2) is 4.74. The van der Waals surface area contributed by atoms with Crippen LogP contribution in [0.25, 0.3) is 0 Å². The number of rotatable bonds is 0. The fraction of sp³-hybridized carbons (Fsp3) is 0.905. The van der Waals surface area contributed by atoms with E-state index in [1.165, 1.54) is 5.57 Å². The zero-order valence-electron chi connectivity index (χ0n) is 15.7. The minimum Gasteiger partial charge on any atom is -0.393 e. The van der Waals surface area contributed by atoms with Gasteiger partial charge in [-0.2, -0.15) is 0 Å². The zero-order chi connectivity index (χ0) is 17.9. The molecular weight excluding hydrogens is 332 g/mol. The van der Waals surface area contributed by atoms with Crippen LogP contribution < -0.4 is 0 Å². The van der Waals surface area contributed by atoms with Crippen LogP contribution in [0.4, 0.5) is 0 Å². The molecule has 0 aromatic rings. The lowest BCUT2D eigenvalue weighted by Crippen LogP contribution is -2.62. The van der Waals surface area contributed by atoms with Crippen LogP contribution in [0, 0.1) is 28.6 Å². The van der Waals surface area contributed by atoms with Crippen molar-refractivity contribution >= 4 is 0 Å². The third-order valence-electron chi connectivity index (χ3n) is 9.24. The molecule has 0 amide bonds. The molecule has 0 unspecified atom stereocenters. The molecule has 9 atom stereocenters. The third kappa shape index (κ3) is 1.63. The molecule has 0 bridgehead atoms. The Balaban J connectivity index is 1.43. The van der Waals surface area contributed by atoms with E-state index in [9.17, 15) is 10.2 Å². The fourth-order valence-electron chi connectivity index (χ4n) is 7.96. The quantitative estimate of drug-likeness (QED) is 0.648. The highest BCUT2D eigenvalue weighted by atomic mass is 16.7. The molecule has 3 aliphatic carbocycles. The van der Waals surface area contributed by atoms with Gasteiger partial charge >= 0.3 is 0 Å². The maximum Gasteiger partial charge on any atom is 0.177 e. The largest absolute Gasteiger partial charge is 0.393 e. The van der Waals surface area contributed by atoms with Gasteiger partial charge in [-0.3, -0.25) is 0 Å². The van der Waals surface area contributed by atoms with Crippen molar-refractivity contribution in [3.05, 3.63) is 11.6 Å². The van der Waals surface area contributed by atoms with Crippen LogP contribution in [0.2, 0.25) is 0 Å². The fourth-order valence-corrected chi connectivity index (χ4v) is 7.96. The first-order valence-corrected chi connectivity index (χ1v) is 10.4. The SMILES string of the molecule is C[C@@]12OC[C@H]3O[C@]4(O)[C@H]5CC=C6C[C@H](O)CC[C@]6(C)[C@H]5CC[C@]4(CO1)[C@H]32. The summed E-state index contributed by atoms with van der Waals surface area (Å²) < 4.78 is 18.5. The summed E-state index contributed by atoms with van der Waals surface area (Å²) in [6, 6.07) is 0. The van der Waals surface area contributed by atoms with Crippen LogP contribution in [-0.2, 0) is 14.2 Å². The first-order valence-electron chi connectivity index (χ1n) is 10.4. The summed E-state index contributed by atoms with van der Waals surface area (Å²) in [5.74, 6) is -1.06. The molecule has 3 heterocycles. The van der Waals surface area contributed by atoms with Crippen molar-refractivity contribution in [1.29, 1.82) is 0 Å². The van der Waals surface area contributed by atoms with Gasteiger partial charge in [-0.25, -0.2) is 0 Å². The Morgan fingerprint density at radius 3 is 2.81 bits per heavy atom. The average Bonchev–Trinajstić information content (AvgIpc) is 3.18. The van der Waals surface area contributed by atoms with Gasteiger partial charge in [0.25, 0.3) is 0 Å². The van der Waals surface area contributed by atoms with E-state index in [4.69, 9.17) is 14.2 Å². The summed E-state index contributed by atoms with van der Waals surface area (Å²) in [7, 11) is 0. The van der Waals surface area contributed by atoms with Crippen molar-refractivity contribution in [2.24, 2.45) is 28.6 Å². The van der Waals surface area contributed by atoms with Crippen LogP contribution in [0.15, 0.2) is 11.6 Å². The number of fused-ring (bicyclic) bond motifs is 4. The Kier molecular flexibility index (Phi) is 3.01. The van der Waals surface area contributed by atoms with Gasteiger partial charge in [0.15, 0.2) is 11.6 Å². The lowest BCUT2D eigenvalue weighted by molar-refractivity contribution is -0.308. The van der Waals surface area contributed by atoms with Crippen LogP contribution in [-0.4, -0.2) is 47.2 Å². The van der Waals surface area contributed by atoms with Gasteiger partial charge in [0, 0.05) is 5.92 Å². The smallest absolute Gasteiger partial charge is 0.177 e. The van der Waals surface area contributed by atoms with Crippen molar-refractivity contribution in [2.75, 3.05) is 13.2 Å². The van der Waals surface area contributed by atoms with Gasteiger partial charge in [0.05, 0.1) is 36.8 Å². The summed E-state index contributed by atoms with van der Waals surface area (Å²) in [5, 5.41) is 22.2. The van der Waals surface area contributed by atoms with Crippen LogP contribution >= 0.6 is 0 Å². The van der Waals surface area contributed by atoms with Gasteiger partial charge in [-0.05, 0) is 56.8 Å². The predicted octanol–water partition coefficient (Wildman–Crippen LogP) is 2.36. The highest BCUT2D eigenvalue weighted by Crippen LogP contribution is 2.72. The predicted molar refractivity (Wildman–Crippen MR) is 92.9 cm³/mol. The molecule has 0 aromatic carbocycles. The van der Waals surface area contributed by atoms with Crippen LogP contribution in [0.5, 0.6) is 0 Å². The van der Waals surface area contributed by atoms with Crippen molar-refractivity contribution in [2.45, 2.75) is 76.2 Å². The molecule has 6 rings (SSSR count). The second-order valence-electron chi connectivity index (χ2n) is 10.1. The van der Waals surface area contributed by atoms with E-state index in [1.54, 1.807) is 0 Å². The molecule has 26 heavy (non-hydrogen) atoms. The number of aliphatic hydroxyl groups excluding tert-OH is 1. The van der Waals surface area contributed by atoms with E-state index in [2.05, 4.69) is 13.0 Å². The molecule has 1 spiro atoms. The van der Waals surface area contributed by atoms with Crippen molar-refractivity contribution < 1.29 is 24.4 Å². The first-order chi connectivity index (χ1) is 12.3. The van der Waals surface area contributed by atoms with E-state index in [0.29, 0.717) is 19.1 Å². The minimum absolute atomic E-state index is 0.0578. The summed E-state index contributed by atoms with van der Waals surface area (Å²) in [5.41, 5.74) is 1.16. The molecule has 5 heteroatoms. The maximum atomic E-state index is 12.0. The summed E-state index contributed by atoms with van der Waals surface area (Å²) >= 11 is 0. The average molecular weight is 362 g/mol. The van der Waals surface area contributed by atoms with E-state index < -0.39 is 11.6 Å². The van der Waals surface area contributed by atoms with Gasteiger partial charge < -0.3 is 24.4 Å². The van der Waals surface area contributed by atoms with Crippen molar-refractivity contribution in [3.63, 3.8) is 0 Å². The number of hydrogen-bond acceptors (Lipinski definition) is 5. The Morgan fingerprint density at radius 2 is 1.96 bits per heavy atom. The monoisotopic (exact) mass is 362 g/mol. The van der Waals surface area contributed by atoms with E-state index in [0.717, 1.165) is 38.5 Å². The van der Waals surface area contributed by atoms with Crippen molar-refractivity contribution in [3.8, 4) is 0 Å². The Labute approximate surface area is 154 Å². The van der Waals surface area contributed by atoms with Crippen LogP contribution in [0.3, 0.4) is 0 Å². The molecule has 5 nitrogen and oxygen atoms in total. The van der Waals surface area contributed by atoms with Crippen molar-refractivity contribution in [1.82, 2.24) is 0 Å². The van der Waals surface area contributed by atoms with E-state index >= 15 is 0 Å². The van der Waals surface area contributed by atoms with Gasteiger partial charge in [0.1, 0.15) is 0 Å².